The summed E-state index contributed by atoms with van der Waals surface area (Å²) in [5, 5.41) is 0. The highest BCUT2D eigenvalue weighted by molar-refractivity contribution is 5.81. The van der Waals surface area contributed by atoms with Crippen molar-refractivity contribution in [1.82, 2.24) is 5.43 Å². The van der Waals surface area contributed by atoms with Crippen LogP contribution in [0.15, 0.2) is 18.2 Å². The van der Waals surface area contributed by atoms with Crippen molar-refractivity contribution in [2.75, 3.05) is 13.7 Å². The van der Waals surface area contributed by atoms with Crippen LogP contribution in [0.4, 0.5) is 4.39 Å². The molecule has 3 N–H and O–H groups in total. The lowest BCUT2D eigenvalue weighted by molar-refractivity contribution is -0.130. The van der Waals surface area contributed by atoms with Gasteiger partial charge >= 0.3 is 0 Å². The van der Waals surface area contributed by atoms with E-state index in [-0.39, 0.29) is 17.9 Å². The first-order valence-electron chi connectivity index (χ1n) is 5.02. The molecule has 0 radical (unpaired) electrons. The summed E-state index contributed by atoms with van der Waals surface area (Å²) in [5.74, 6) is 3.76. The molecule has 1 amide bonds. The summed E-state index contributed by atoms with van der Waals surface area (Å²) in [5.41, 5.74) is 2.01. The van der Waals surface area contributed by atoms with Crippen molar-refractivity contribution in [3.8, 4) is 5.75 Å². The van der Waals surface area contributed by atoms with E-state index in [1.54, 1.807) is 0 Å². The van der Waals surface area contributed by atoms with E-state index < -0.39 is 17.8 Å². The number of carbonyl (C=O) groups excluding carboxylic acids is 2. The first-order chi connectivity index (χ1) is 8.60. The topological polar surface area (TPSA) is 90.6 Å². The first-order valence-corrected chi connectivity index (χ1v) is 5.02. The van der Waals surface area contributed by atoms with E-state index in [4.69, 9.17) is 15.3 Å². The van der Waals surface area contributed by atoms with Crippen molar-refractivity contribution in [3.63, 3.8) is 0 Å². The van der Waals surface area contributed by atoms with E-state index in [0.717, 1.165) is 12.1 Å². The zero-order chi connectivity index (χ0) is 13.5. The summed E-state index contributed by atoms with van der Waals surface area (Å²) in [6.07, 6.45) is -0.550. The minimum atomic E-state index is -1.03. The molecule has 0 spiro atoms. The van der Waals surface area contributed by atoms with Gasteiger partial charge in [-0.05, 0) is 12.1 Å². The molecule has 1 aromatic rings. The average Bonchev–Trinajstić information content (AvgIpc) is 2.36. The Morgan fingerprint density at radius 3 is 2.83 bits per heavy atom. The van der Waals surface area contributed by atoms with Gasteiger partial charge in [0.1, 0.15) is 17.9 Å². The Hall–Kier alpha value is -1.99. The molecule has 0 aliphatic heterocycles. The number of hydrogen-bond acceptors (Lipinski definition) is 5. The summed E-state index contributed by atoms with van der Waals surface area (Å²) < 4.78 is 23.1. The molecule has 0 aliphatic carbocycles. The van der Waals surface area contributed by atoms with Crippen LogP contribution in [0.2, 0.25) is 0 Å². The molecule has 0 fully saturated rings. The second kappa shape index (κ2) is 6.67. The highest BCUT2D eigenvalue weighted by atomic mass is 19.1. The van der Waals surface area contributed by atoms with Crippen molar-refractivity contribution in [2.24, 2.45) is 5.84 Å². The summed E-state index contributed by atoms with van der Waals surface area (Å²) in [4.78, 5) is 21.9. The Labute approximate surface area is 103 Å². The molecular formula is C11H13FN2O4. The summed E-state index contributed by atoms with van der Waals surface area (Å²) in [6.45, 7) is -0.0596. The first kappa shape index (κ1) is 14.1. The number of nitrogens with one attached hydrogen (secondary N) is 1. The van der Waals surface area contributed by atoms with Gasteiger partial charge in [-0.2, -0.15) is 0 Å². The number of methoxy groups -OCH3 is 1. The fourth-order valence-electron chi connectivity index (χ4n) is 1.29. The van der Waals surface area contributed by atoms with Gasteiger partial charge in [-0.1, -0.05) is 0 Å². The van der Waals surface area contributed by atoms with Crippen molar-refractivity contribution in [1.29, 1.82) is 0 Å². The largest absolute Gasteiger partial charge is 0.478 e. The Morgan fingerprint density at radius 2 is 2.28 bits per heavy atom. The van der Waals surface area contributed by atoms with Crippen molar-refractivity contribution < 1.29 is 23.5 Å². The van der Waals surface area contributed by atoms with Gasteiger partial charge in [0.15, 0.2) is 0 Å². The normalized spacial score (nSPS) is 11.7. The minimum absolute atomic E-state index is 0.0442. The maximum Gasteiger partial charge on any atom is 0.277 e. The van der Waals surface area contributed by atoms with Crippen LogP contribution in [0.5, 0.6) is 5.75 Å². The number of rotatable bonds is 6. The number of benzene rings is 1. The van der Waals surface area contributed by atoms with Crippen LogP contribution in [0.1, 0.15) is 10.4 Å². The fraction of sp³-hybridized carbons (Fsp3) is 0.273. The molecule has 98 valence electrons. The lowest BCUT2D eigenvalue weighted by Gasteiger charge is -2.16. The van der Waals surface area contributed by atoms with Crippen molar-refractivity contribution >= 4 is 12.2 Å². The Balaban J connectivity index is 2.89. The number of aldehydes is 1. The van der Waals surface area contributed by atoms with E-state index in [1.165, 1.54) is 13.2 Å². The molecule has 0 aliphatic rings. The van der Waals surface area contributed by atoms with E-state index in [0.29, 0.717) is 6.29 Å². The monoisotopic (exact) mass is 256 g/mol. The Kier molecular flexibility index (Phi) is 5.22. The number of ether oxygens (including phenoxy) is 2. The van der Waals surface area contributed by atoms with Crippen LogP contribution in [0.25, 0.3) is 0 Å². The van der Waals surface area contributed by atoms with Crippen molar-refractivity contribution in [2.45, 2.75) is 6.10 Å². The van der Waals surface area contributed by atoms with Gasteiger partial charge < -0.3 is 9.47 Å². The molecule has 6 nitrogen and oxygen atoms in total. The smallest absolute Gasteiger partial charge is 0.277 e. The fourth-order valence-corrected chi connectivity index (χ4v) is 1.29. The van der Waals surface area contributed by atoms with E-state index in [2.05, 4.69) is 0 Å². The number of hydrogen-bond donors (Lipinski definition) is 2. The molecule has 0 saturated carbocycles. The standard InChI is InChI=1S/C11H13FN2O4/c1-17-6-10(11(16)14-13)18-9-3-7(5-15)2-8(12)4-9/h2-5,10H,6,13H2,1H3,(H,14,16). The lowest BCUT2D eigenvalue weighted by Crippen LogP contribution is -2.44. The second-order valence-corrected chi connectivity index (χ2v) is 3.41. The van der Waals surface area contributed by atoms with Gasteiger partial charge in [0, 0.05) is 18.7 Å². The third-order valence-electron chi connectivity index (χ3n) is 2.06. The predicted octanol–water partition coefficient (Wildman–Crippen LogP) is 0.0219. The number of carbonyl (C=O) groups is 2. The molecule has 1 rings (SSSR count). The third-order valence-corrected chi connectivity index (χ3v) is 2.06. The number of halogens is 1. The van der Waals surface area contributed by atoms with Crippen LogP contribution >= 0.6 is 0 Å². The number of hydrazine groups is 1. The number of nitrogens with two attached hydrogens (primary N) is 1. The van der Waals surface area contributed by atoms with Gasteiger partial charge in [0.2, 0.25) is 6.10 Å². The molecule has 0 heterocycles. The van der Waals surface area contributed by atoms with Gasteiger partial charge in [0.25, 0.3) is 5.91 Å². The molecular weight excluding hydrogens is 243 g/mol. The molecule has 0 aromatic heterocycles. The SMILES string of the molecule is COCC(Oc1cc(F)cc(C=O)c1)C(=O)NN. The van der Waals surface area contributed by atoms with E-state index in [9.17, 15) is 14.0 Å². The Bertz CT molecular complexity index is 439. The third kappa shape index (κ3) is 3.79. The second-order valence-electron chi connectivity index (χ2n) is 3.41. The molecule has 1 aromatic carbocycles. The van der Waals surface area contributed by atoms with Gasteiger partial charge in [-0.3, -0.25) is 15.0 Å². The zero-order valence-electron chi connectivity index (χ0n) is 9.68. The molecule has 1 unspecified atom stereocenters. The molecule has 7 heteroatoms. The van der Waals surface area contributed by atoms with Crippen LogP contribution in [-0.2, 0) is 9.53 Å². The van der Waals surface area contributed by atoms with Crippen LogP contribution < -0.4 is 16.0 Å². The van der Waals surface area contributed by atoms with Crippen LogP contribution in [-0.4, -0.2) is 32.0 Å². The summed E-state index contributed by atoms with van der Waals surface area (Å²) >= 11 is 0. The van der Waals surface area contributed by atoms with Crippen LogP contribution in [0.3, 0.4) is 0 Å². The highest BCUT2D eigenvalue weighted by Gasteiger charge is 2.19. The highest BCUT2D eigenvalue weighted by Crippen LogP contribution is 2.17. The zero-order valence-corrected chi connectivity index (χ0v) is 9.68. The predicted molar refractivity (Wildman–Crippen MR) is 60.4 cm³/mol. The van der Waals surface area contributed by atoms with Crippen molar-refractivity contribution in [3.05, 3.63) is 29.6 Å². The van der Waals surface area contributed by atoms with Gasteiger partial charge in [-0.15, -0.1) is 0 Å². The minimum Gasteiger partial charge on any atom is -0.478 e. The summed E-state index contributed by atoms with van der Waals surface area (Å²) in [7, 11) is 1.38. The Morgan fingerprint density at radius 1 is 1.56 bits per heavy atom. The lowest BCUT2D eigenvalue weighted by atomic mass is 10.2. The molecule has 1 atom stereocenters. The quantitative estimate of drug-likeness (QED) is 0.324. The van der Waals surface area contributed by atoms with Crippen LogP contribution in [0, 0.1) is 5.82 Å². The molecule has 0 bridgehead atoms. The van der Waals surface area contributed by atoms with Gasteiger partial charge in [-0.25, -0.2) is 10.2 Å². The molecule has 18 heavy (non-hydrogen) atoms. The van der Waals surface area contributed by atoms with E-state index in [1.807, 2.05) is 5.43 Å². The maximum absolute atomic E-state index is 13.1. The summed E-state index contributed by atoms with van der Waals surface area (Å²) in [6, 6.07) is 3.41. The molecule has 0 saturated heterocycles. The number of amides is 1. The maximum atomic E-state index is 13.1. The van der Waals surface area contributed by atoms with Gasteiger partial charge in [0.05, 0.1) is 6.61 Å². The average molecular weight is 256 g/mol. The van der Waals surface area contributed by atoms with E-state index >= 15 is 0 Å².